The molecule has 0 spiro atoms. The lowest BCUT2D eigenvalue weighted by atomic mass is 9.96. The Bertz CT molecular complexity index is 461. The van der Waals surface area contributed by atoms with Gasteiger partial charge in [0, 0.05) is 37.6 Å². The third-order valence-corrected chi connectivity index (χ3v) is 4.99. The van der Waals surface area contributed by atoms with Crippen LogP contribution < -0.4 is 0 Å². The zero-order chi connectivity index (χ0) is 12.3. The van der Waals surface area contributed by atoms with Crippen LogP contribution in [-0.2, 0) is 10.0 Å². The van der Waals surface area contributed by atoms with Crippen molar-refractivity contribution in [3.05, 3.63) is 24.3 Å². The first-order valence-corrected chi connectivity index (χ1v) is 7.48. The molecule has 0 amide bonds. The highest BCUT2D eigenvalue weighted by Crippen LogP contribution is 2.26. The average molecular weight is 255 g/mol. The fourth-order valence-corrected chi connectivity index (χ4v) is 3.32. The van der Waals surface area contributed by atoms with Gasteiger partial charge in [0.15, 0.2) is 0 Å². The normalized spacial score (nSPS) is 22.5. The van der Waals surface area contributed by atoms with Crippen LogP contribution in [0, 0.1) is 0 Å². The van der Waals surface area contributed by atoms with E-state index in [-0.39, 0.29) is 11.7 Å². The molecule has 0 aliphatic carbocycles. The van der Waals surface area contributed by atoms with Crippen molar-refractivity contribution in [3.8, 4) is 0 Å². The molecular formula is C11H17N3O2S. The van der Waals surface area contributed by atoms with E-state index in [0.29, 0.717) is 13.1 Å². The summed E-state index contributed by atoms with van der Waals surface area (Å²) in [6, 6.07) is 0. The summed E-state index contributed by atoms with van der Waals surface area (Å²) < 4.78 is 25.2. The van der Waals surface area contributed by atoms with E-state index < -0.39 is 10.0 Å². The van der Waals surface area contributed by atoms with Crippen molar-refractivity contribution in [2.24, 2.45) is 0 Å². The first-order chi connectivity index (χ1) is 8.13. The number of rotatable bonds is 3. The van der Waals surface area contributed by atoms with Crippen molar-refractivity contribution in [2.45, 2.75) is 25.7 Å². The molecule has 2 rings (SSSR count). The lowest BCUT2D eigenvalue weighted by Crippen LogP contribution is -2.40. The summed E-state index contributed by atoms with van der Waals surface area (Å²) >= 11 is 0. The van der Waals surface area contributed by atoms with E-state index in [2.05, 4.69) is 9.97 Å². The predicted octanol–water partition coefficient (Wildman–Crippen LogP) is 1.01. The van der Waals surface area contributed by atoms with E-state index in [9.17, 15) is 8.42 Å². The topological polar surface area (TPSA) is 63.2 Å². The van der Waals surface area contributed by atoms with Crippen molar-refractivity contribution in [3.63, 3.8) is 0 Å². The van der Waals surface area contributed by atoms with Crippen LogP contribution in [0.1, 0.15) is 31.4 Å². The molecule has 1 aliphatic rings. The Hall–Kier alpha value is -1.01. The minimum Gasteiger partial charge on any atom is -0.261 e. The second-order valence-electron chi connectivity index (χ2n) is 4.23. The molecule has 0 N–H and O–H groups in total. The molecule has 1 atom stereocenters. The highest BCUT2D eigenvalue weighted by atomic mass is 32.2. The van der Waals surface area contributed by atoms with Gasteiger partial charge in [0.05, 0.1) is 11.4 Å². The van der Waals surface area contributed by atoms with Crippen molar-refractivity contribution in [2.75, 3.05) is 18.8 Å². The predicted molar refractivity (Wildman–Crippen MR) is 65.0 cm³/mol. The molecule has 6 heteroatoms. The van der Waals surface area contributed by atoms with Crippen molar-refractivity contribution in [1.29, 1.82) is 0 Å². The van der Waals surface area contributed by atoms with Gasteiger partial charge in [-0.15, -0.1) is 0 Å². The van der Waals surface area contributed by atoms with Gasteiger partial charge in [0.1, 0.15) is 0 Å². The average Bonchev–Trinajstić information content (AvgIpc) is 2.40. The summed E-state index contributed by atoms with van der Waals surface area (Å²) in [5.41, 5.74) is 0.892. The van der Waals surface area contributed by atoms with Crippen LogP contribution >= 0.6 is 0 Å². The Morgan fingerprint density at radius 3 is 2.94 bits per heavy atom. The molecule has 1 aromatic heterocycles. The minimum absolute atomic E-state index is 0.167. The molecule has 0 radical (unpaired) electrons. The van der Waals surface area contributed by atoms with Crippen LogP contribution in [0.4, 0.5) is 0 Å². The monoisotopic (exact) mass is 255 g/mol. The molecule has 5 nitrogen and oxygen atoms in total. The van der Waals surface area contributed by atoms with Crippen LogP contribution in [0.15, 0.2) is 18.6 Å². The fourth-order valence-electron chi connectivity index (χ4n) is 2.14. The van der Waals surface area contributed by atoms with Crippen molar-refractivity contribution in [1.82, 2.24) is 14.3 Å². The molecule has 17 heavy (non-hydrogen) atoms. The standard InChI is InChI=1S/C11H17N3O2S/c1-2-17(15,16)14-7-3-4-10(9-14)11-8-12-5-6-13-11/h5-6,8,10H,2-4,7,9H2,1H3. The number of hydrogen-bond donors (Lipinski definition) is 0. The highest BCUT2D eigenvalue weighted by Gasteiger charge is 2.28. The van der Waals surface area contributed by atoms with E-state index in [1.54, 1.807) is 29.8 Å². The van der Waals surface area contributed by atoms with Gasteiger partial charge in [-0.1, -0.05) is 0 Å². The maximum atomic E-state index is 11.8. The summed E-state index contributed by atoms with van der Waals surface area (Å²) in [6.07, 6.45) is 6.89. The van der Waals surface area contributed by atoms with Crippen molar-refractivity contribution < 1.29 is 8.42 Å². The van der Waals surface area contributed by atoms with E-state index in [4.69, 9.17) is 0 Å². The third kappa shape index (κ3) is 2.81. The second-order valence-corrected chi connectivity index (χ2v) is 6.49. The van der Waals surface area contributed by atoms with Gasteiger partial charge in [-0.2, -0.15) is 0 Å². The number of piperidine rings is 1. The van der Waals surface area contributed by atoms with E-state index in [0.717, 1.165) is 18.5 Å². The molecule has 1 aliphatic heterocycles. The summed E-state index contributed by atoms with van der Waals surface area (Å²) in [7, 11) is -3.08. The second kappa shape index (κ2) is 5.10. The quantitative estimate of drug-likeness (QED) is 0.808. The molecule has 0 bridgehead atoms. The summed E-state index contributed by atoms with van der Waals surface area (Å²) in [5, 5.41) is 0. The first-order valence-electron chi connectivity index (χ1n) is 5.87. The smallest absolute Gasteiger partial charge is 0.213 e. The minimum atomic E-state index is -3.08. The molecule has 94 valence electrons. The van der Waals surface area contributed by atoms with Crippen LogP contribution in [0.25, 0.3) is 0 Å². The largest absolute Gasteiger partial charge is 0.261 e. The van der Waals surface area contributed by atoms with Gasteiger partial charge in [0.2, 0.25) is 10.0 Å². The lowest BCUT2D eigenvalue weighted by molar-refractivity contribution is 0.312. The Morgan fingerprint density at radius 2 is 2.29 bits per heavy atom. The van der Waals surface area contributed by atoms with E-state index >= 15 is 0 Å². The molecular weight excluding hydrogens is 238 g/mol. The summed E-state index contributed by atoms with van der Waals surface area (Å²) in [6.45, 7) is 2.85. The third-order valence-electron chi connectivity index (χ3n) is 3.14. The Labute approximate surface area is 102 Å². The highest BCUT2D eigenvalue weighted by molar-refractivity contribution is 7.89. The maximum absolute atomic E-state index is 11.8. The van der Waals surface area contributed by atoms with Crippen LogP contribution in [-0.4, -0.2) is 41.5 Å². The maximum Gasteiger partial charge on any atom is 0.213 e. The lowest BCUT2D eigenvalue weighted by Gasteiger charge is -2.31. The molecule has 1 unspecified atom stereocenters. The van der Waals surface area contributed by atoms with Gasteiger partial charge in [-0.3, -0.25) is 9.97 Å². The van der Waals surface area contributed by atoms with Crippen LogP contribution in [0.5, 0.6) is 0 Å². The SMILES string of the molecule is CCS(=O)(=O)N1CCCC(c2cnccn2)C1. The first kappa shape index (κ1) is 12.4. The van der Waals surface area contributed by atoms with Gasteiger partial charge in [-0.05, 0) is 19.8 Å². The zero-order valence-electron chi connectivity index (χ0n) is 9.91. The molecule has 2 heterocycles. The Kier molecular flexibility index (Phi) is 3.73. The fraction of sp³-hybridized carbons (Fsp3) is 0.636. The van der Waals surface area contributed by atoms with Gasteiger partial charge >= 0.3 is 0 Å². The van der Waals surface area contributed by atoms with E-state index in [1.165, 1.54) is 0 Å². The Morgan fingerprint density at radius 1 is 1.47 bits per heavy atom. The Balaban J connectivity index is 2.13. The molecule has 1 saturated heterocycles. The molecule has 1 aromatic rings. The van der Waals surface area contributed by atoms with Gasteiger partial charge in [-0.25, -0.2) is 12.7 Å². The summed E-state index contributed by atoms with van der Waals surface area (Å²) in [5.74, 6) is 0.346. The molecule has 1 fully saturated rings. The number of nitrogens with zero attached hydrogens (tertiary/aromatic N) is 3. The van der Waals surface area contributed by atoms with Crippen molar-refractivity contribution >= 4 is 10.0 Å². The zero-order valence-corrected chi connectivity index (χ0v) is 10.7. The molecule has 0 saturated carbocycles. The van der Waals surface area contributed by atoms with Gasteiger partial charge in [0.25, 0.3) is 0 Å². The van der Waals surface area contributed by atoms with E-state index in [1.807, 2.05) is 0 Å². The van der Waals surface area contributed by atoms with Crippen LogP contribution in [0.3, 0.4) is 0 Å². The summed E-state index contributed by atoms with van der Waals surface area (Å²) in [4.78, 5) is 8.30. The molecule has 0 aromatic carbocycles. The number of aromatic nitrogens is 2. The number of hydrogen-bond acceptors (Lipinski definition) is 4. The number of sulfonamides is 1. The van der Waals surface area contributed by atoms with Gasteiger partial charge < -0.3 is 0 Å². The van der Waals surface area contributed by atoms with Crippen LogP contribution in [0.2, 0.25) is 0 Å².